The molecular formula is C16H28N2O3. The number of hydrogen-bond acceptors (Lipinski definition) is 5. The fourth-order valence-electron chi connectivity index (χ4n) is 2.24. The van der Waals surface area contributed by atoms with Gasteiger partial charge < -0.3 is 19.4 Å². The van der Waals surface area contributed by atoms with E-state index in [2.05, 4.69) is 35.7 Å². The molecule has 0 aromatic carbocycles. The summed E-state index contributed by atoms with van der Waals surface area (Å²) in [5.74, 6) is 0.392. The quantitative estimate of drug-likeness (QED) is 0.673. The van der Waals surface area contributed by atoms with Crippen LogP contribution in [0.15, 0.2) is 16.7 Å². The Morgan fingerprint density at radius 2 is 2.14 bits per heavy atom. The molecule has 5 heteroatoms. The smallest absolute Gasteiger partial charge is 0.341 e. The summed E-state index contributed by atoms with van der Waals surface area (Å²) in [6.45, 7) is 10.6. The predicted octanol–water partition coefficient (Wildman–Crippen LogP) is 2.67. The predicted molar refractivity (Wildman–Crippen MR) is 83.4 cm³/mol. The van der Waals surface area contributed by atoms with Crippen LogP contribution in [0.3, 0.4) is 0 Å². The number of carbonyl (C=O) groups is 1. The van der Waals surface area contributed by atoms with Crippen molar-refractivity contribution < 1.29 is 13.9 Å². The zero-order valence-electron chi connectivity index (χ0n) is 13.6. The van der Waals surface area contributed by atoms with Crippen LogP contribution >= 0.6 is 0 Å². The molecule has 1 rings (SSSR count). The molecule has 1 atom stereocenters. The van der Waals surface area contributed by atoms with Gasteiger partial charge in [0.1, 0.15) is 12.0 Å². The summed E-state index contributed by atoms with van der Waals surface area (Å²) >= 11 is 0. The number of furan rings is 1. The molecule has 0 radical (unpaired) electrons. The molecule has 0 spiro atoms. The van der Waals surface area contributed by atoms with Gasteiger partial charge in [-0.15, -0.1) is 0 Å². The fraction of sp³-hybridized carbons (Fsp3) is 0.688. The van der Waals surface area contributed by atoms with Crippen molar-refractivity contribution >= 4 is 5.97 Å². The lowest BCUT2D eigenvalue weighted by Gasteiger charge is -2.19. The molecule has 1 aromatic rings. The van der Waals surface area contributed by atoms with Crippen molar-refractivity contribution in [2.24, 2.45) is 0 Å². The number of nitrogens with zero attached hydrogens (tertiary/aromatic N) is 1. The fourth-order valence-corrected chi connectivity index (χ4v) is 2.24. The van der Waals surface area contributed by atoms with Crippen molar-refractivity contribution in [1.29, 1.82) is 0 Å². The lowest BCUT2D eigenvalue weighted by molar-refractivity contribution is 0.0600. The first kappa shape index (κ1) is 17.7. The highest BCUT2D eigenvalue weighted by Crippen LogP contribution is 2.09. The van der Waals surface area contributed by atoms with E-state index in [0.29, 0.717) is 18.2 Å². The summed E-state index contributed by atoms with van der Waals surface area (Å²) in [4.78, 5) is 13.8. The Hall–Kier alpha value is -1.33. The molecule has 1 heterocycles. The van der Waals surface area contributed by atoms with Crippen LogP contribution in [0.2, 0.25) is 0 Å². The minimum absolute atomic E-state index is 0.364. The third-order valence-electron chi connectivity index (χ3n) is 3.71. The lowest BCUT2D eigenvalue weighted by atomic mass is 10.1. The van der Waals surface area contributed by atoms with Crippen LogP contribution < -0.4 is 5.32 Å². The van der Waals surface area contributed by atoms with Gasteiger partial charge in [0, 0.05) is 6.04 Å². The molecule has 0 saturated carbocycles. The van der Waals surface area contributed by atoms with E-state index in [4.69, 9.17) is 4.42 Å². The largest absolute Gasteiger partial charge is 0.467 e. The number of esters is 1. The van der Waals surface area contributed by atoms with E-state index in [0.717, 1.165) is 31.8 Å². The van der Waals surface area contributed by atoms with Crippen LogP contribution in [0.1, 0.15) is 49.7 Å². The molecular weight excluding hydrogens is 268 g/mol. The zero-order chi connectivity index (χ0) is 15.7. The van der Waals surface area contributed by atoms with Gasteiger partial charge >= 0.3 is 5.97 Å². The van der Waals surface area contributed by atoms with Crippen molar-refractivity contribution in [2.75, 3.05) is 26.7 Å². The van der Waals surface area contributed by atoms with E-state index in [-0.39, 0.29) is 5.97 Å². The normalized spacial score (nSPS) is 12.6. The maximum atomic E-state index is 11.3. The number of nitrogens with one attached hydrogen (secondary N) is 1. The Morgan fingerprint density at radius 1 is 1.43 bits per heavy atom. The van der Waals surface area contributed by atoms with Gasteiger partial charge in [-0.3, -0.25) is 0 Å². The van der Waals surface area contributed by atoms with Crippen molar-refractivity contribution in [3.05, 3.63) is 23.7 Å². The van der Waals surface area contributed by atoms with Gasteiger partial charge in [0.2, 0.25) is 0 Å². The molecule has 0 saturated heterocycles. The average Bonchev–Trinajstić information content (AvgIpc) is 2.97. The van der Waals surface area contributed by atoms with E-state index in [1.165, 1.54) is 19.8 Å². The summed E-state index contributed by atoms with van der Waals surface area (Å²) in [5.41, 5.74) is 0.462. The van der Waals surface area contributed by atoms with Gasteiger partial charge in [-0.2, -0.15) is 0 Å². The molecule has 5 nitrogen and oxygen atoms in total. The molecule has 0 bridgehead atoms. The maximum Gasteiger partial charge on any atom is 0.341 e. The van der Waals surface area contributed by atoms with E-state index in [1.54, 1.807) is 6.07 Å². The second kappa shape index (κ2) is 9.58. The topological polar surface area (TPSA) is 54.7 Å². The Morgan fingerprint density at radius 3 is 2.76 bits per heavy atom. The van der Waals surface area contributed by atoms with E-state index in [1.807, 2.05) is 0 Å². The molecule has 0 aliphatic rings. The van der Waals surface area contributed by atoms with Gasteiger partial charge in [-0.25, -0.2) is 4.79 Å². The Balaban J connectivity index is 2.25. The van der Waals surface area contributed by atoms with Gasteiger partial charge in [0.15, 0.2) is 0 Å². The second-order valence-corrected chi connectivity index (χ2v) is 5.24. The zero-order valence-corrected chi connectivity index (χ0v) is 13.6. The molecule has 21 heavy (non-hydrogen) atoms. The Kier molecular flexibility index (Phi) is 8.08. The van der Waals surface area contributed by atoms with Gasteiger partial charge in [-0.1, -0.05) is 13.8 Å². The van der Waals surface area contributed by atoms with Crippen molar-refractivity contribution in [2.45, 2.75) is 46.2 Å². The average molecular weight is 296 g/mol. The minimum Gasteiger partial charge on any atom is -0.467 e. The van der Waals surface area contributed by atoms with Crippen LogP contribution in [0.4, 0.5) is 0 Å². The number of carbonyl (C=O) groups excluding carboxylic acids is 1. The SMILES string of the molecule is CCN(CC)CCCC(C)NCc1cc(C(=O)OC)co1. The van der Waals surface area contributed by atoms with E-state index in [9.17, 15) is 4.79 Å². The van der Waals surface area contributed by atoms with Gasteiger partial charge in [0.25, 0.3) is 0 Å². The number of ether oxygens (including phenoxy) is 1. The number of hydrogen-bond donors (Lipinski definition) is 1. The van der Waals surface area contributed by atoms with E-state index >= 15 is 0 Å². The minimum atomic E-state index is -0.364. The van der Waals surface area contributed by atoms with Crippen LogP contribution in [0, 0.1) is 0 Å². The monoisotopic (exact) mass is 296 g/mol. The summed E-state index contributed by atoms with van der Waals surface area (Å²) < 4.78 is 9.99. The summed E-state index contributed by atoms with van der Waals surface area (Å²) in [5, 5.41) is 3.41. The standard InChI is InChI=1S/C16H28N2O3/c1-5-18(6-2)9-7-8-13(3)17-11-15-10-14(12-21-15)16(19)20-4/h10,12-13,17H,5-9,11H2,1-4H3. The lowest BCUT2D eigenvalue weighted by Crippen LogP contribution is -2.28. The first-order chi connectivity index (χ1) is 10.1. The van der Waals surface area contributed by atoms with Crippen LogP contribution in [-0.4, -0.2) is 43.7 Å². The maximum absolute atomic E-state index is 11.3. The molecule has 1 aromatic heterocycles. The van der Waals surface area contributed by atoms with Crippen molar-refractivity contribution in [3.8, 4) is 0 Å². The van der Waals surface area contributed by atoms with Crippen LogP contribution in [0.25, 0.3) is 0 Å². The second-order valence-electron chi connectivity index (χ2n) is 5.24. The third-order valence-corrected chi connectivity index (χ3v) is 3.71. The molecule has 1 N–H and O–H groups in total. The third kappa shape index (κ3) is 6.31. The summed E-state index contributed by atoms with van der Waals surface area (Å²) in [6, 6.07) is 2.15. The molecule has 120 valence electrons. The number of rotatable bonds is 10. The van der Waals surface area contributed by atoms with E-state index < -0.39 is 0 Å². The molecule has 0 amide bonds. The highest BCUT2D eigenvalue weighted by Gasteiger charge is 2.11. The summed E-state index contributed by atoms with van der Waals surface area (Å²) in [6.07, 6.45) is 3.75. The van der Waals surface area contributed by atoms with Gasteiger partial charge in [-0.05, 0) is 45.5 Å². The van der Waals surface area contributed by atoms with Crippen molar-refractivity contribution in [1.82, 2.24) is 10.2 Å². The number of methoxy groups -OCH3 is 1. The van der Waals surface area contributed by atoms with Crippen LogP contribution in [-0.2, 0) is 11.3 Å². The first-order valence-electron chi connectivity index (χ1n) is 7.72. The Bertz CT molecular complexity index is 413. The highest BCUT2D eigenvalue weighted by molar-refractivity contribution is 5.88. The molecule has 0 aliphatic heterocycles. The highest BCUT2D eigenvalue weighted by atomic mass is 16.5. The molecule has 0 aliphatic carbocycles. The Labute approximate surface area is 127 Å². The van der Waals surface area contributed by atoms with Crippen LogP contribution in [0.5, 0.6) is 0 Å². The summed E-state index contributed by atoms with van der Waals surface area (Å²) in [7, 11) is 1.37. The molecule has 1 unspecified atom stereocenters. The van der Waals surface area contributed by atoms with Crippen molar-refractivity contribution in [3.63, 3.8) is 0 Å². The molecule has 0 fully saturated rings. The first-order valence-corrected chi connectivity index (χ1v) is 7.72. The van der Waals surface area contributed by atoms with Gasteiger partial charge in [0.05, 0.1) is 19.2 Å².